The van der Waals surface area contributed by atoms with Gasteiger partial charge in [-0.15, -0.1) is 11.3 Å². The molecule has 0 bridgehead atoms. The Morgan fingerprint density at radius 2 is 1.77 bits per heavy atom. The number of aromatic nitrogens is 3. The highest BCUT2D eigenvalue weighted by atomic mass is 32.1. The number of hydrogen-bond acceptors (Lipinski definition) is 5. The maximum Gasteiger partial charge on any atom is 0.130 e. The molecule has 0 aliphatic heterocycles. The van der Waals surface area contributed by atoms with Crippen molar-refractivity contribution in [1.82, 2.24) is 15.0 Å². The molecule has 2 heterocycles. The summed E-state index contributed by atoms with van der Waals surface area (Å²) >= 11 is 1.67. The van der Waals surface area contributed by atoms with Gasteiger partial charge in [-0.25, -0.2) is 15.0 Å². The summed E-state index contributed by atoms with van der Waals surface area (Å²) < 4.78 is 0. The summed E-state index contributed by atoms with van der Waals surface area (Å²) in [6.07, 6.45) is 1.59. The highest BCUT2D eigenvalue weighted by molar-refractivity contribution is 7.13. The zero-order valence-corrected chi connectivity index (χ0v) is 15.2. The number of aryl methyl sites for hydroxylation is 1. The molecule has 128 valence electrons. The lowest BCUT2D eigenvalue weighted by atomic mass is 10.1. The van der Waals surface area contributed by atoms with Crippen LogP contribution in [0.15, 0.2) is 72.4 Å². The van der Waals surface area contributed by atoms with Crippen molar-refractivity contribution in [2.45, 2.75) is 13.5 Å². The zero-order valence-electron chi connectivity index (χ0n) is 14.4. The Morgan fingerprint density at radius 1 is 0.962 bits per heavy atom. The van der Waals surface area contributed by atoms with Crippen molar-refractivity contribution in [3.05, 3.63) is 83.6 Å². The number of hydrogen-bond donors (Lipinski definition) is 1. The van der Waals surface area contributed by atoms with E-state index >= 15 is 0 Å². The summed E-state index contributed by atoms with van der Waals surface area (Å²) in [5, 5.41) is 6.48. The molecule has 0 fully saturated rings. The highest BCUT2D eigenvalue weighted by Gasteiger charge is 2.07. The standard InChI is InChI=1S/C21H18N4S/c1-15-7-5-6-10-18(15)21-25-17(13-26-21)12-22-20-11-19(23-14-24-20)16-8-3-2-4-9-16/h2-11,13-14H,12H2,1H3,(H,22,23,24). The van der Waals surface area contributed by atoms with E-state index in [1.54, 1.807) is 17.7 Å². The van der Waals surface area contributed by atoms with Gasteiger partial charge in [0.05, 0.1) is 17.9 Å². The Balaban J connectivity index is 1.48. The van der Waals surface area contributed by atoms with Gasteiger partial charge in [0.1, 0.15) is 17.2 Å². The van der Waals surface area contributed by atoms with Crippen molar-refractivity contribution in [3.8, 4) is 21.8 Å². The van der Waals surface area contributed by atoms with Crippen molar-refractivity contribution >= 4 is 17.2 Å². The molecule has 0 aliphatic carbocycles. The molecule has 5 heteroatoms. The fourth-order valence-corrected chi connectivity index (χ4v) is 3.64. The van der Waals surface area contributed by atoms with Crippen LogP contribution in [0.2, 0.25) is 0 Å². The third kappa shape index (κ3) is 3.63. The Bertz CT molecular complexity index is 1010. The Kier molecular flexibility index (Phi) is 4.71. The van der Waals surface area contributed by atoms with E-state index in [4.69, 9.17) is 4.98 Å². The molecular weight excluding hydrogens is 340 g/mol. The minimum absolute atomic E-state index is 0.633. The van der Waals surface area contributed by atoms with Crippen LogP contribution < -0.4 is 5.32 Å². The van der Waals surface area contributed by atoms with E-state index in [9.17, 15) is 0 Å². The van der Waals surface area contributed by atoms with Crippen molar-refractivity contribution in [2.24, 2.45) is 0 Å². The first-order valence-corrected chi connectivity index (χ1v) is 9.29. The highest BCUT2D eigenvalue weighted by Crippen LogP contribution is 2.27. The van der Waals surface area contributed by atoms with Crippen LogP contribution in [0.25, 0.3) is 21.8 Å². The molecule has 0 unspecified atom stereocenters. The number of nitrogens with one attached hydrogen (secondary N) is 1. The fourth-order valence-electron chi connectivity index (χ4n) is 2.73. The van der Waals surface area contributed by atoms with E-state index < -0.39 is 0 Å². The summed E-state index contributed by atoms with van der Waals surface area (Å²) in [5.41, 5.74) is 5.42. The summed E-state index contributed by atoms with van der Waals surface area (Å²) in [5.74, 6) is 0.796. The molecule has 0 saturated carbocycles. The molecule has 1 N–H and O–H groups in total. The lowest BCUT2D eigenvalue weighted by Crippen LogP contribution is -2.02. The maximum atomic E-state index is 4.75. The van der Waals surface area contributed by atoms with Gasteiger partial charge in [0, 0.05) is 22.6 Å². The molecule has 0 atom stereocenters. The number of nitrogens with zero attached hydrogens (tertiary/aromatic N) is 3. The van der Waals surface area contributed by atoms with Crippen LogP contribution in [-0.2, 0) is 6.54 Å². The molecule has 0 radical (unpaired) electrons. The first-order chi connectivity index (χ1) is 12.8. The summed E-state index contributed by atoms with van der Waals surface area (Å²) in [6, 6.07) is 20.4. The number of thiazole rings is 1. The molecule has 4 nitrogen and oxygen atoms in total. The smallest absolute Gasteiger partial charge is 0.130 e. The van der Waals surface area contributed by atoms with Crippen molar-refractivity contribution < 1.29 is 0 Å². The zero-order chi connectivity index (χ0) is 17.8. The average molecular weight is 358 g/mol. The van der Waals surface area contributed by atoms with E-state index in [1.165, 1.54) is 11.1 Å². The summed E-state index contributed by atoms with van der Waals surface area (Å²) in [4.78, 5) is 13.4. The van der Waals surface area contributed by atoms with Gasteiger partial charge in [-0.05, 0) is 12.5 Å². The minimum atomic E-state index is 0.633. The van der Waals surface area contributed by atoms with E-state index in [0.29, 0.717) is 6.54 Å². The molecule has 0 aliphatic rings. The van der Waals surface area contributed by atoms with Gasteiger partial charge < -0.3 is 5.32 Å². The van der Waals surface area contributed by atoms with Crippen LogP contribution in [0.1, 0.15) is 11.3 Å². The van der Waals surface area contributed by atoms with Crippen LogP contribution in [0.4, 0.5) is 5.82 Å². The fraction of sp³-hybridized carbons (Fsp3) is 0.0952. The molecule has 2 aromatic heterocycles. The van der Waals surface area contributed by atoms with Gasteiger partial charge >= 0.3 is 0 Å². The van der Waals surface area contributed by atoms with Gasteiger partial charge in [0.15, 0.2) is 0 Å². The van der Waals surface area contributed by atoms with Crippen LogP contribution in [-0.4, -0.2) is 15.0 Å². The van der Waals surface area contributed by atoms with Gasteiger partial charge in [0.25, 0.3) is 0 Å². The van der Waals surface area contributed by atoms with Gasteiger partial charge in [-0.1, -0.05) is 54.6 Å². The summed E-state index contributed by atoms with van der Waals surface area (Å²) in [6.45, 7) is 2.74. The SMILES string of the molecule is Cc1ccccc1-c1nc(CNc2cc(-c3ccccc3)ncn2)cs1. The molecular formula is C21H18N4S. The number of rotatable bonds is 5. The van der Waals surface area contributed by atoms with E-state index in [2.05, 4.69) is 39.7 Å². The third-order valence-electron chi connectivity index (χ3n) is 4.11. The monoisotopic (exact) mass is 358 g/mol. The quantitative estimate of drug-likeness (QED) is 0.533. The molecule has 0 amide bonds. The second kappa shape index (κ2) is 7.45. The van der Waals surface area contributed by atoms with Crippen LogP contribution in [0.5, 0.6) is 0 Å². The van der Waals surface area contributed by atoms with E-state index in [-0.39, 0.29) is 0 Å². The van der Waals surface area contributed by atoms with Crippen LogP contribution in [0, 0.1) is 6.92 Å². The number of anilines is 1. The van der Waals surface area contributed by atoms with E-state index in [1.807, 2.05) is 48.5 Å². The Hall–Kier alpha value is -3.05. The topological polar surface area (TPSA) is 50.7 Å². The lowest BCUT2D eigenvalue weighted by molar-refractivity contribution is 1.04. The Morgan fingerprint density at radius 3 is 2.62 bits per heavy atom. The molecule has 26 heavy (non-hydrogen) atoms. The largest absolute Gasteiger partial charge is 0.364 e. The van der Waals surface area contributed by atoms with Crippen LogP contribution in [0.3, 0.4) is 0 Å². The van der Waals surface area contributed by atoms with E-state index in [0.717, 1.165) is 27.8 Å². The van der Waals surface area contributed by atoms with Gasteiger partial charge in [0.2, 0.25) is 0 Å². The van der Waals surface area contributed by atoms with Crippen molar-refractivity contribution in [1.29, 1.82) is 0 Å². The predicted octanol–water partition coefficient (Wildman–Crippen LogP) is 5.19. The maximum absolute atomic E-state index is 4.75. The normalized spacial score (nSPS) is 10.7. The average Bonchev–Trinajstić information content (AvgIpc) is 3.16. The predicted molar refractivity (Wildman–Crippen MR) is 107 cm³/mol. The number of benzene rings is 2. The first kappa shape index (κ1) is 16.4. The molecule has 4 rings (SSSR count). The minimum Gasteiger partial charge on any atom is -0.364 e. The molecule has 2 aromatic carbocycles. The van der Waals surface area contributed by atoms with Crippen molar-refractivity contribution in [3.63, 3.8) is 0 Å². The molecule has 0 spiro atoms. The van der Waals surface area contributed by atoms with Gasteiger partial charge in [-0.2, -0.15) is 0 Å². The molecule has 0 saturated heterocycles. The van der Waals surface area contributed by atoms with Crippen LogP contribution >= 0.6 is 11.3 Å². The second-order valence-electron chi connectivity index (χ2n) is 5.97. The lowest BCUT2D eigenvalue weighted by Gasteiger charge is -2.06. The first-order valence-electron chi connectivity index (χ1n) is 8.41. The summed E-state index contributed by atoms with van der Waals surface area (Å²) in [7, 11) is 0. The van der Waals surface area contributed by atoms with Crippen molar-refractivity contribution in [2.75, 3.05) is 5.32 Å². The Labute approximate surface area is 156 Å². The third-order valence-corrected chi connectivity index (χ3v) is 5.04. The second-order valence-corrected chi connectivity index (χ2v) is 6.83. The van der Waals surface area contributed by atoms with Gasteiger partial charge in [-0.3, -0.25) is 0 Å². The molecule has 4 aromatic rings.